The van der Waals surface area contributed by atoms with Crippen LogP contribution in [0.3, 0.4) is 0 Å². The van der Waals surface area contributed by atoms with Crippen LogP contribution in [-0.4, -0.2) is 17.5 Å². The summed E-state index contributed by atoms with van der Waals surface area (Å²) in [6, 6.07) is 0. The van der Waals surface area contributed by atoms with Crippen molar-refractivity contribution < 1.29 is 0 Å². The molecular formula is C8H14ClN. The van der Waals surface area contributed by atoms with Crippen LogP contribution < -0.4 is 0 Å². The predicted molar refractivity (Wildman–Crippen MR) is 42.9 cm³/mol. The summed E-state index contributed by atoms with van der Waals surface area (Å²) in [7, 11) is 0. The van der Waals surface area contributed by atoms with E-state index in [1.165, 1.54) is 25.7 Å². The molecule has 0 radical (unpaired) electrons. The summed E-state index contributed by atoms with van der Waals surface area (Å²) in [5, 5.41) is 0. The van der Waals surface area contributed by atoms with E-state index < -0.39 is 0 Å². The van der Waals surface area contributed by atoms with E-state index in [2.05, 4.69) is 0 Å². The molecule has 1 heterocycles. The van der Waals surface area contributed by atoms with E-state index in [0.29, 0.717) is 0 Å². The van der Waals surface area contributed by atoms with E-state index in [1.54, 1.807) is 0 Å². The molecule has 1 saturated carbocycles. The number of hydrogen-bond acceptors (Lipinski definition) is 1. The van der Waals surface area contributed by atoms with Gasteiger partial charge in [0.05, 0.1) is 0 Å². The van der Waals surface area contributed by atoms with Crippen molar-refractivity contribution in [2.75, 3.05) is 13.1 Å². The first-order chi connectivity index (χ1) is 4.86. The fourth-order valence-electron chi connectivity index (χ4n) is 2.35. The van der Waals surface area contributed by atoms with Gasteiger partial charge < -0.3 is 0 Å². The van der Waals surface area contributed by atoms with Gasteiger partial charge in [0.1, 0.15) is 0 Å². The van der Waals surface area contributed by atoms with Crippen molar-refractivity contribution in [3.8, 4) is 0 Å². The maximum atomic E-state index is 5.92. The Bertz CT molecular complexity index is 112. The Labute approximate surface area is 67.5 Å². The lowest BCUT2D eigenvalue weighted by Crippen LogP contribution is -2.16. The van der Waals surface area contributed by atoms with Crippen LogP contribution in [0.4, 0.5) is 0 Å². The first kappa shape index (κ1) is 6.93. The molecule has 0 spiro atoms. The monoisotopic (exact) mass is 159 g/mol. The number of halogens is 1. The van der Waals surface area contributed by atoms with Crippen molar-refractivity contribution in [3.63, 3.8) is 0 Å². The zero-order chi connectivity index (χ0) is 6.97. The highest BCUT2D eigenvalue weighted by Crippen LogP contribution is 2.36. The van der Waals surface area contributed by atoms with E-state index >= 15 is 0 Å². The highest BCUT2D eigenvalue weighted by Gasteiger charge is 2.33. The fraction of sp³-hybridized carbons (Fsp3) is 1.00. The van der Waals surface area contributed by atoms with Gasteiger partial charge >= 0.3 is 0 Å². The number of hydrogen-bond donors (Lipinski definition) is 0. The predicted octanol–water partition coefficient (Wildman–Crippen LogP) is 2.26. The van der Waals surface area contributed by atoms with Crippen LogP contribution in [0, 0.1) is 11.8 Å². The summed E-state index contributed by atoms with van der Waals surface area (Å²) >= 11 is 5.92. The van der Waals surface area contributed by atoms with Crippen molar-refractivity contribution in [3.05, 3.63) is 0 Å². The molecule has 58 valence electrons. The lowest BCUT2D eigenvalue weighted by atomic mass is 9.82. The third-order valence-corrected chi connectivity index (χ3v) is 3.21. The Morgan fingerprint density at radius 2 is 1.50 bits per heavy atom. The molecule has 0 bridgehead atoms. The zero-order valence-electron chi connectivity index (χ0n) is 6.22. The molecule has 0 N–H and O–H groups in total. The molecule has 1 aliphatic heterocycles. The first-order valence-corrected chi connectivity index (χ1v) is 4.61. The maximum absolute atomic E-state index is 5.92. The summed E-state index contributed by atoms with van der Waals surface area (Å²) in [5.74, 6) is 1.87. The SMILES string of the molecule is ClN1C[C@H]2CCCC[C@H]2C1. The minimum atomic E-state index is 0.936. The van der Waals surface area contributed by atoms with Crippen molar-refractivity contribution >= 4 is 11.8 Å². The average Bonchev–Trinajstić information content (AvgIpc) is 2.27. The van der Waals surface area contributed by atoms with E-state index in [-0.39, 0.29) is 0 Å². The second kappa shape index (κ2) is 2.71. The lowest BCUT2D eigenvalue weighted by Gasteiger charge is -2.22. The second-order valence-electron chi connectivity index (χ2n) is 3.63. The maximum Gasteiger partial charge on any atom is 0.0170 e. The van der Waals surface area contributed by atoms with Gasteiger partial charge in [-0.2, -0.15) is 0 Å². The number of rotatable bonds is 0. The molecule has 0 aromatic heterocycles. The molecule has 1 aliphatic carbocycles. The molecule has 10 heavy (non-hydrogen) atoms. The molecule has 0 aromatic carbocycles. The Kier molecular flexibility index (Phi) is 1.88. The molecule has 0 unspecified atom stereocenters. The standard InChI is InChI=1S/C8H14ClN/c9-10-5-7-3-1-2-4-8(7)6-10/h7-8H,1-6H2/t7-,8+. The Morgan fingerprint density at radius 3 is 2.00 bits per heavy atom. The quantitative estimate of drug-likeness (QED) is 0.491. The van der Waals surface area contributed by atoms with Crippen LogP contribution in [0.25, 0.3) is 0 Å². The third kappa shape index (κ3) is 1.17. The number of fused-ring (bicyclic) bond motifs is 1. The van der Waals surface area contributed by atoms with Crippen LogP contribution in [0.1, 0.15) is 25.7 Å². The topological polar surface area (TPSA) is 3.24 Å². The van der Waals surface area contributed by atoms with Gasteiger partial charge in [0.15, 0.2) is 0 Å². The molecule has 0 amide bonds. The highest BCUT2D eigenvalue weighted by atomic mass is 35.5. The molecule has 2 atom stereocenters. The van der Waals surface area contributed by atoms with Crippen LogP contribution in [0.5, 0.6) is 0 Å². The van der Waals surface area contributed by atoms with Crippen LogP contribution in [0.15, 0.2) is 0 Å². The van der Waals surface area contributed by atoms with E-state index in [0.717, 1.165) is 24.9 Å². The molecule has 2 fully saturated rings. The van der Waals surface area contributed by atoms with Gasteiger partial charge in [0.25, 0.3) is 0 Å². The minimum Gasteiger partial charge on any atom is -0.220 e. The average molecular weight is 160 g/mol. The van der Waals surface area contributed by atoms with E-state index in [4.69, 9.17) is 11.8 Å². The zero-order valence-corrected chi connectivity index (χ0v) is 6.98. The van der Waals surface area contributed by atoms with Gasteiger partial charge in [0, 0.05) is 13.1 Å². The third-order valence-electron chi connectivity index (χ3n) is 2.93. The number of nitrogens with zero attached hydrogens (tertiary/aromatic N) is 1. The Balaban J connectivity index is 1.97. The molecule has 1 saturated heterocycles. The molecule has 0 aromatic rings. The summed E-state index contributed by atoms with van der Waals surface area (Å²) in [6.07, 6.45) is 5.72. The molecule has 2 heteroatoms. The van der Waals surface area contributed by atoms with Gasteiger partial charge in [-0.25, -0.2) is 4.42 Å². The van der Waals surface area contributed by atoms with Crippen LogP contribution >= 0.6 is 11.8 Å². The van der Waals surface area contributed by atoms with Crippen molar-refractivity contribution in [2.24, 2.45) is 11.8 Å². The van der Waals surface area contributed by atoms with Gasteiger partial charge in [-0.3, -0.25) is 0 Å². The molecular weight excluding hydrogens is 146 g/mol. The summed E-state index contributed by atoms with van der Waals surface area (Å²) in [4.78, 5) is 0. The summed E-state index contributed by atoms with van der Waals surface area (Å²) in [5.41, 5.74) is 0. The van der Waals surface area contributed by atoms with Gasteiger partial charge in [-0.1, -0.05) is 12.8 Å². The lowest BCUT2D eigenvalue weighted by molar-refractivity contribution is 0.299. The highest BCUT2D eigenvalue weighted by molar-refractivity contribution is 6.13. The minimum absolute atomic E-state index is 0.936. The Hall–Kier alpha value is 0.250. The van der Waals surface area contributed by atoms with Crippen molar-refractivity contribution in [1.29, 1.82) is 0 Å². The van der Waals surface area contributed by atoms with Crippen LogP contribution in [-0.2, 0) is 0 Å². The fourth-order valence-corrected chi connectivity index (χ4v) is 2.70. The van der Waals surface area contributed by atoms with E-state index in [1.807, 2.05) is 4.42 Å². The van der Waals surface area contributed by atoms with E-state index in [9.17, 15) is 0 Å². The van der Waals surface area contributed by atoms with Crippen molar-refractivity contribution in [2.45, 2.75) is 25.7 Å². The Morgan fingerprint density at radius 1 is 1.00 bits per heavy atom. The normalized spacial score (nSPS) is 41.7. The second-order valence-corrected chi connectivity index (χ2v) is 4.11. The molecule has 1 nitrogen and oxygen atoms in total. The summed E-state index contributed by atoms with van der Waals surface area (Å²) < 4.78 is 1.97. The molecule has 2 rings (SSSR count). The largest absolute Gasteiger partial charge is 0.220 e. The smallest absolute Gasteiger partial charge is 0.0170 e. The first-order valence-electron chi connectivity index (χ1n) is 4.27. The van der Waals surface area contributed by atoms with Crippen molar-refractivity contribution in [1.82, 2.24) is 4.42 Å². The van der Waals surface area contributed by atoms with Gasteiger partial charge in [0.2, 0.25) is 0 Å². The summed E-state index contributed by atoms with van der Waals surface area (Å²) in [6.45, 7) is 2.29. The van der Waals surface area contributed by atoms with Gasteiger partial charge in [-0.05, 0) is 36.5 Å². The molecule has 2 aliphatic rings. The van der Waals surface area contributed by atoms with Gasteiger partial charge in [-0.15, -0.1) is 0 Å². The van der Waals surface area contributed by atoms with Crippen LogP contribution in [0.2, 0.25) is 0 Å².